The number of phenolic OH excluding ortho intramolecular Hbond substituents is 1. The van der Waals surface area contributed by atoms with Crippen molar-refractivity contribution in [3.63, 3.8) is 0 Å². The van der Waals surface area contributed by atoms with Gasteiger partial charge in [-0.25, -0.2) is 12.8 Å². The second-order valence-electron chi connectivity index (χ2n) is 4.49. The van der Waals surface area contributed by atoms with Gasteiger partial charge in [0.05, 0.1) is 5.69 Å². The molecule has 0 aliphatic rings. The van der Waals surface area contributed by atoms with Gasteiger partial charge in [0.25, 0.3) is 10.0 Å². The maximum Gasteiger partial charge on any atom is 0.264 e. The molecule has 106 valence electrons. The van der Waals surface area contributed by atoms with E-state index in [0.29, 0.717) is 16.8 Å². The van der Waals surface area contributed by atoms with Gasteiger partial charge in [0, 0.05) is 0 Å². The predicted octanol–water partition coefficient (Wildman–Crippen LogP) is 2.95. The van der Waals surface area contributed by atoms with Gasteiger partial charge in [0.2, 0.25) is 0 Å². The van der Waals surface area contributed by atoms with Gasteiger partial charge in [-0.1, -0.05) is 12.1 Å². The molecule has 0 unspecified atom stereocenters. The Morgan fingerprint density at radius 2 is 1.75 bits per heavy atom. The van der Waals surface area contributed by atoms with E-state index in [9.17, 15) is 17.9 Å². The summed E-state index contributed by atoms with van der Waals surface area (Å²) >= 11 is 0. The first kappa shape index (κ1) is 14.3. The number of rotatable bonds is 3. The highest BCUT2D eigenvalue weighted by atomic mass is 32.2. The van der Waals surface area contributed by atoms with Crippen LogP contribution in [0, 0.1) is 19.7 Å². The minimum absolute atomic E-state index is 0.0799. The summed E-state index contributed by atoms with van der Waals surface area (Å²) in [5, 5.41) is 9.55. The Labute approximate surface area is 116 Å². The Kier molecular flexibility index (Phi) is 3.67. The Balaban J connectivity index is 2.44. The molecule has 0 aliphatic heterocycles. The number of anilines is 1. The summed E-state index contributed by atoms with van der Waals surface area (Å²) in [5.41, 5.74) is 1.39. The molecule has 0 bridgehead atoms. The number of nitrogens with one attached hydrogen (secondary N) is 1. The normalized spacial score (nSPS) is 11.3. The molecule has 0 spiro atoms. The van der Waals surface area contributed by atoms with Crippen LogP contribution in [-0.2, 0) is 10.0 Å². The van der Waals surface area contributed by atoms with E-state index in [1.165, 1.54) is 30.3 Å². The zero-order valence-corrected chi connectivity index (χ0v) is 11.8. The fourth-order valence-corrected chi connectivity index (χ4v) is 2.98. The topological polar surface area (TPSA) is 66.4 Å². The average Bonchev–Trinajstić information content (AvgIpc) is 2.36. The van der Waals surface area contributed by atoms with Crippen molar-refractivity contribution in [2.24, 2.45) is 0 Å². The molecule has 20 heavy (non-hydrogen) atoms. The van der Waals surface area contributed by atoms with Crippen LogP contribution in [0.15, 0.2) is 41.3 Å². The molecule has 4 nitrogen and oxygen atoms in total. The van der Waals surface area contributed by atoms with Gasteiger partial charge in [0.15, 0.2) is 0 Å². The third-order valence-electron chi connectivity index (χ3n) is 2.91. The molecule has 0 heterocycles. The first-order chi connectivity index (χ1) is 9.31. The van der Waals surface area contributed by atoms with Crippen molar-refractivity contribution in [1.82, 2.24) is 0 Å². The summed E-state index contributed by atoms with van der Waals surface area (Å²) in [4.78, 5) is -0.412. The number of aryl methyl sites for hydroxylation is 2. The molecule has 0 aromatic heterocycles. The average molecular weight is 295 g/mol. The largest absolute Gasteiger partial charge is 0.508 e. The summed E-state index contributed by atoms with van der Waals surface area (Å²) in [6, 6.07) is 8.11. The molecule has 0 radical (unpaired) electrons. The number of halogens is 1. The second kappa shape index (κ2) is 5.13. The molecule has 0 amide bonds. The molecule has 0 saturated carbocycles. The highest BCUT2D eigenvalue weighted by Crippen LogP contribution is 2.27. The second-order valence-corrected chi connectivity index (χ2v) is 6.14. The predicted molar refractivity (Wildman–Crippen MR) is 74.8 cm³/mol. The smallest absolute Gasteiger partial charge is 0.264 e. The minimum atomic E-state index is -4.00. The van der Waals surface area contributed by atoms with E-state index in [2.05, 4.69) is 4.72 Å². The maximum absolute atomic E-state index is 13.6. The van der Waals surface area contributed by atoms with Crippen LogP contribution in [0.2, 0.25) is 0 Å². The number of phenols is 1. The summed E-state index contributed by atoms with van der Waals surface area (Å²) < 4.78 is 40.2. The van der Waals surface area contributed by atoms with Crippen molar-refractivity contribution in [1.29, 1.82) is 0 Å². The number of hydrogen-bond acceptors (Lipinski definition) is 3. The van der Waals surface area contributed by atoms with Crippen LogP contribution >= 0.6 is 0 Å². The molecule has 2 aromatic rings. The van der Waals surface area contributed by atoms with E-state index < -0.39 is 20.7 Å². The van der Waals surface area contributed by atoms with Crippen LogP contribution in [-0.4, -0.2) is 13.5 Å². The number of hydrogen-bond donors (Lipinski definition) is 2. The summed E-state index contributed by atoms with van der Waals surface area (Å²) in [6.07, 6.45) is 0. The molecule has 2 aromatic carbocycles. The van der Waals surface area contributed by atoms with Gasteiger partial charge in [-0.15, -0.1) is 0 Å². The van der Waals surface area contributed by atoms with E-state index in [1.54, 1.807) is 13.8 Å². The summed E-state index contributed by atoms with van der Waals surface area (Å²) in [7, 11) is -4.00. The quantitative estimate of drug-likeness (QED) is 0.856. The Hall–Kier alpha value is -2.08. The van der Waals surface area contributed by atoms with Gasteiger partial charge in [0.1, 0.15) is 16.5 Å². The van der Waals surface area contributed by atoms with E-state index in [4.69, 9.17) is 0 Å². The third-order valence-corrected chi connectivity index (χ3v) is 4.31. The number of benzene rings is 2. The molecular formula is C14H14FNO3S. The first-order valence-corrected chi connectivity index (χ1v) is 7.37. The Morgan fingerprint density at radius 3 is 2.40 bits per heavy atom. The lowest BCUT2D eigenvalue weighted by Crippen LogP contribution is -2.15. The fourth-order valence-electron chi connectivity index (χ4n) is 1.77. The van der Waals surface area contributed by atoms with Gasteiger partial charge >= 0.3 is 0 Å². The van der Waals surface area contributed by atoms with Crippen LogP contribution in [0.25, 0.3) is 0 Å². The van der Waals surface area contributed by atoms with Crippen molar-refractivity contribution in [3.05, 3.63) is 53.3 Å². The Morgan fingerprint density at radius 1 is 1.10 bits per heavy atom. The van der Waals surface area contributed by atoms with Gasteiger partial charge in [-0.05, 0) is 49.2 Å². The molecule has 2 N–H and O–H groups in total. The fraction of sp³-hybridized carbons (Fsp3) is 0.143. The van der Waals surface area contributed by atoms with E-state index in [0.717, 1.165) is 6.07 Å². The van der Waals surface area contributed by atoms with E-state index >= 15 is 0 Å². The van der Waals surface area contributed by atoms with Crippen molar-refractivity contribution in [2.45, 2.75) is 18.7 Å². The number of aromatic hydroxyl groups is 1. The van der Waals surface area contributed by atoms with E-state index in [-0.39, 0.29) is 5.75 Å². The lowest BCUT2D eigenvalue weighted by Gasteiger charge is -2.12. The molecule has 6 heteroatoms. The molecule has 0 saturated heterocycles. The molecular weight excluding hydrogens is 281 g/mol. The van der Waals surface area contributed by atoms with Gasteiger partial charge in [-0.2, -0.15) is 0 Å². The van der Waals surface area contributed by atoms with Crippen molar-refractivity contribution in [3.8, 4) is 5.75 Å². The molecule has 0 aliphatic carbocycles. The van der Waals surface area contributed by atoms with Crippen LogP contribution in [0.3, 0.4) is 0 Å². The highest BCUT2D eigenvalue weighted by Gasteiger charge is 2.19. The van der Waals surface area contributed by atoms with Crippen molar-refractivity contribution in [2.75, 3.05) is 4.72 Å². The number of sulfonamides is 1. The summed E-state index contributed by atoms with van der Waals surface area (Å²) in [6.45, 7) is 3.30. The zero-order chi connectivity index (χ0) is 14.9. The molecule has 0 atom stereocenters. The molecule has 2 rings (SSSR count). The van der Waals surface area contributed by atoms with Gasteiger partial charge < -0.3 is 5.11 Å². The Bertz CT molecular complexity index is 757. The van der Waals surface area contributed by atoms with Crippen molar-refractivity contribution >= 4 is 15.7 Å². The van der Waals surface area contributed by atoms with Crippen LogP contribution in [0.4, 0.5) is 10.1 Å². The maximum atomic E-state index is 13.6. The highest BCUT2D eigenvalue weighted by molar-refractivity contribution is 7.92. The SMILES string of the molecule is Cc1cc(NS(=O)(=O)c2ccccc2F)c(C)cc1O. The lowest BCUT2D eigenvalue weighted by atomic mass is 10.1. The van der Waals surface area contributed by atoms with Gasteiger partial charge in [-0.3, -0.25) is 4.72 Å². The van der Waals surface area contributed by atoms with E-state index in [1.807, 2.05) is 0 Å². The van der Waals surface area contributed by atoms with Crippen LogP contribution in [0.5, 0.6) is 5.75 Å². The lowest BCUT2D eigenvalue weighted by molar-refractivity contribution is 0.471. The zero-order valence-electron chi connectivity index (χ0n) is 11.0. The standard InChI is InChI=1S/C14H14FNO3S/c1-9-8-13(17)10(2)7-12(9)16-20(18,19)14-6-4-3-5-11(14)15/h3-8,16-17H,1-2H3. The van der Waals surface area contributed by atoms with Crippen molar-refractivity contribution < 1.29 is 17.9 Å². The summed E-state index contributed by atoms with van der Waals surface area (Å²) in [5.74, 6) is -0.732. The first-order valence-electron chi connectivity index (χ1n) is 5.89. The molecule has 0 fully saturated rings. The van der Waals surface area contributed by atoms with Crippen LogP contribution in [0.1, 0.15) is 11.1 Å². The van der Waals surface area contributed by atoms with Crippen LogP contribution < -0.4 is 4.72 Å². The minimum Gasteiger partial charge on any atom is -0.508 e. The third kappa shape index (κ3) is 2.75. The monoisotopic (exact) mass is 295 g/mol.